The monoisotopic (exact) mass is 289 g/mol. The van der Waals surface area contributed by atoms with Gasteiger partial charge in [0.2, 0.25) is 5.91 Å². The molecule has 2 rings (SSSR count). The lowest BCUT2D eigenvalue weighted by Gasteiger charge is -2.26. The van der Waals surface area contributed by atoms with Crippen molar-refractivity contribution in [1.82, 2.24) is 10.2 Å². The fraction of sp³-hybridized carbons (Fsp3) is 0.438. The van der Waals surface area contributed by atoms with Crippen molar-refractivity contribution < 1.29 is 9.53 Å². The third kappa shape index (κ3) is 5.97. The van der Waals surface area contributed by atoms with E-state index in [1.165, 1.54) is 0 Å². The van der Waals surface area contributed by atoms with E-state index in [1.54, 1.807) is 6.08 Å². The molecule has 1 saturated heterocycles. The Hall–Kier alpha value is -1.85. The maximum atomic E-state index is 11.8. The molecule has 0 aliphatic carbocycles. The number of nitrogens with zero attached hydrogens (tertiary/aromatic N) is 1. The SMILES string of the molecule is C/C(=C\C(=O)Nc1ccccc1)NCCN1CCOCC1. The molecule has 1 aromatic rings. The highest BCUT2D eigenvalue weighted by Crippen LogP contribution is 2.05. The van der Waals surface area contributed by atoms with Gasteiger partial charge in [-0.15, -0.1) is 0 Å². The molecular formula is C16H23N3O2. The number of amides is 1. The van der Waals surface area contributed by atoms with Crippen LogP contribution in [0, 0.1) is 0 Å². The first kappa shape index (κ1) is 15.5. The first-order valence-corrected chi connectivity index (χ1v) is 7.32. The molecule has 1 aromatic carbocycles. The lowest BCUT2D eigenvalue weighted by atomic mass is 10.3. The van der Waals surface area contributed by atoms with Gasteiger partial charge < -0.3 is 15.4 Å². The van der Waals surface area contributed by atoms with Crippen LogP contribution >= 0.6 is 0 Å². The average Bonchev–Trinajstić information content (AvgIpc) is 2.49. The largest absolute Gasteiger partial charge is 0.387 e. The van der Waals surface area contributed by atoms with Crippen molar-refractivity contribution in [2.75, 3.05) is 44.7 Å². The summed E-state index contributed by atoms with van der Waals surface area (Å²) in [6.45, 7) is 7.31. The molecular weight excluding hydrogens is 266 g/mol. The van der Waals surface area contributed by atoms with E-state index < -0.39 is 0 Å². The molecule has 0 atom stereocenters. The lowest BCUT2D eigenvalue weighted by molar-refractivity contribution is -0.112. The Bertz CT molecular complexity index is 468. The standard InChI is InChI=1S/C16H23N3O2/c1-14(17-7-8-19-9-11-21-12-10-19)13-16(20)18-15-5-3-2-4-6-15/h2-6,13,17H,7-12H2,1H3,(H,18,20)/b14-13+. The Labute approximate surface area is 126 Å². The molecule has 5 heteroatoms. The van der Waals surface area contributed by atoms with Crippen LogP contribution in [-0.4, -0.2) is 50.2 Å². The van der Waals surface area contributed by atoms with Crippen molar-refractivity contribution in [2.45, 2.75) is 6.92 Å². The maximum Gasteiger partial charge on any atom is 0.250 e. The van der Waals surface area contributed by atoms with Gasteiger partial charge in [0.1, 0.15) is 0 Å². The average molecular weight is 289 g/mol. The second-order valence-corrected chi connectivity index (χ2v) is 5.06. The summed E-state index contributed by atoms with van der Waals surface area (Å²) in [6.07, 6.45) is 1.59. The minimum atomic E-state index is -0.113. The molecule has 21 heavy (non-hydrogen) atoms. The van der Waals surface area contributed by atoms with Gasteiger partial charge in [-0.05, 0) is 19.1 Å². The van der Waals surface area contributed by atoms with Crippen molar-refractivity contribution in [2.24, 2.45) is 0 Å². The van der Waals surface area contributed by atoms with Crippen LogP contribution in [0.15, 0.2) is 42.1 Å². The van der Waals surface area contributed by atoms with Gasteiger partial charge in [0.25, 0.3) is 0 Å². The zero-order valence-electron chi connectivity index (χ0n) is 12.5. The topological polar surface area (TPSA) is 53.6 Å². The molecule has 1 aliphatic rings. The Kier molecular flexibility index (Phi) is 6.24. The van der Waals surface area contributed by atoms with E-state index in [-0.39, 0.29) is 5.91 Å². The molecule has 1 amide bonds. The molecule has 114 valence electrons. The zero-order chi connectivity index (χ0) is 14.9. The van der Waals surface area contributed by atoms with Crippen molar-refractivity contribution in [3.8, 4) is 0 Å². The molecule has 0 unspecified atom stereocenters. The van der Waals surface area contributed by atoms with Crippen molar-refractivity contribution in [1.29, 1.82) is 0 Å². The summed E-state index contributed by atoms with van der Waals surface area (Å²) in [7, 11) is 0. The molecule has 0 radical (unpaired) electrons. The van der Waals surface area contributed by atoms with E-state index in [2.05, 4.69) is 15.5 Å². The molecule has 0 aromatic heterocycles. The van der Waals surface area contributed by atoms with Gasteiger partial charge in [-0.25, -0.2) is 0 Å². The third-order valence-electron chi connectivity index (χ3n) is 3.32. The molecule has 0 spiro atoms. The highest BCUT2D eigenvalue weighted by Gasteiger charge is 2.09. The number of hydrogen-bond donors (Lipinski definition) is 2. The second kappa shape index (κ2) is 8.44. The van der Waals surface area contributed by atoms with Crippen LogP contribution in [0.5, 0.6) is 0 Å². The van der Waals surface area contributed by atoms with Crippen LogP contribution in [0.3, 0.4) is 0 Å². The van der Waals surface area contributed by atoms with Gasteiger partial charge in [0, 0.05) is 43.6 Å². The molecule has 1 heterocycles. The van der Waals surface area contributed by atoms with Crippen LogP contribution in [0.4, 0.5) is 5.69 Å². The summed E-state index contributed by atoms with van der Waals surface area (Å²) in [5.74, 6) is -0.113. The van der Waals surface area contributed by atoms with Crippen LogP contribution in [0.2, 0.25) is 0 Å². The predicted octanol–water partition coefficient (Wildman–Crippen LogP) is 1.45. The lowest BCUT2D eigenvalue weighted by Crippen LogP contribution is -2.40. The molecule has 1 aliphatic heterocycles. The van der Waals surface area contributed by atoms with Crippen molar-refractivity contribution in [3.63, 3.8) is 0 Å². The Morgan fingerprint density at radius 3 is 2.71 bits per heavy atom. The Balaban J connectivity index is 1.69. The number of rotatable bonds is 6. The molecule has 1 fully saturated rings. The van der Waals surface area contributed by atoms with E-state index in [0.717, 1.165) is 50.8 Å². The second-order valence-electron chi connectivity index (χ2n) is 5.06. The summed E-state index contributed by atoms with van der Waals surface area (Å²) in [6, 6.07) is 9.45. The third-order valence-corrected chi connectivity index (χ3v) is 3.32. The minimum absolute atomic E-state index is 0.113. The number of para-hydroxylation sites is 1. The van der Waals surface area contributed by atoms with E-state index >= 15 is 0 Å². The minimum Gasteiger partial charge on any atom is -0.387 e. The van der Waals surface area contributed by atoms with Gasteiger partial charge in [0.15, 0.2) is 0 Å². The summed E-state index contributed by atoms with van der Waals surface area (Å²) in [4.78, 5) is 14.2. The Morgan fingerprint density at radius 1 is 1.29 bits per heavy atom. The predicted molar refractivity (Wildman–Crippen MR) is 84.1 cm³/mol. The molecule has 5 nitrogen and oxygen atoms in total. The first-order valence-electron chi connectivity index (χ1n) is 7.32. The number of anilines is 1. The van der Waals surface area contributed by atoms with Gasteiger partial charge in [-0.3, -0.25) is 9.69 Å². The van der Waals surface area contributed by atoms with Crippen LogP contribution in [-0.2, 0) is 9.53 Å². The van der Waals surface area contributed by atoms with E-state index in [9.17, 15) is 4.79 Å². The van der Waals surface area contributed by atoms with Gasteiger partial charge in [-0.2, -0.15) is 0 Å². The number of carbonyl (C=O) groups excluding carboxylic acids is 1. The number of allylic oxidation sites excluding steroid dienone is 1. The van der Waals surface area contributed by atoms with Crippen LogP contribution < -0.4 is 10.6 Å². The number of hydrogen-bond acceptors (Lipinski definition) is 4. The fourth-order valence-electron chi connectivity index (χ4n) is 2.18. The quantitative estimate of drug-likeness (QED) is 0.778. The van der Waals surface area contributed by atoms with E-state index in [0.29, 0.717) is 0 Å². The van der Waals surface area contributed by atoms with E-state index in [4.69, 9.17) is 4.74 Å². The smallest absolute Gasteiger partial charge is 0.250 e. The normalized spacial score (nSPS) is 16.5. The van der Waals surface area contributed by atoms with Crippen molar-refractivity contribution in [3.05, 3.63) is 42.1 Å². The fourth-order valence-corrected chi connectivity index (χ4v) is 2.18. The number of ether oxygens (including phenoxy) is 1. The molecule has 0 saturated carbocycles. The number of nitrogens with one attached hydrogen (secondary N) is 2. The van der Waals surface area contributed by atoms with E-state index in [1.807, 2.05) is 37.3 Å². The first-order chi connectivity index (χ1) is 10.2. The molecule has 0 bridgehead atoms. The number of carbonyl (C=O) groups is 1. The number of benzene rings is 1. The zero-order valence-corrected chi connectivity index (χ0v) is 12.5. The molecule has 2 N–H and O–H groups in total. The maximum absolute atomic E-state index is 11.8. The summed E-state index contributed by atoms with van der Waals surface area (Å²) in [5.41, 5.74) is 1.68. The van der Waals surface area contributed by atoms with Gasteiger partial charge in [-0.1, -0.05) is 18.2 Å². The summed E-state index contributed by atoms with van der Waals surface area (Å²) >= 11 is 0. The highest BCUT2D eigenvalue weighted by molar-refractivity contribution is 5.99. The van der Waals surface area contributed by atoms with Crippen LogP contribution in [0.25, 0.3) is 0 Å². The summed E-state index contributed by atoms with van der Waals surface area (Å²) < 4.78 is 5.31. The van der Waals surface area contributed by atoms with Gasteiger partial charge in [0.05, 0.1) is 13.2 Å². The summed E-state index contributed by atoms with van der Waals surface area (Å²) in [5, 5.41) is 6.09. The van der Waals surface area contributed by atoms with Gasteiger partial charge >= 0.3 is 0 Å². The van der Waals surface area contributed by atoms with Crippen LogP contribution in [0.1, 0.15) is 6.92 Å². The Morgan fingerprint density at radius 2 is 2.00 bits per heavy atom. The highest BCUT2D eigenvalue weighted by atomic mass is 16.5. The van der Waals surface area contributed by atoms with Crippen molar-refractivity contribution >= 4 is 11.6 Å². The number of morpholine rings is 1.